The number of nitrogen functional groups attached to an aromatic ring is 1. The van der Waals surface area contributed by atoms with Gasteiger partial charge >= 0.3 is 6.09 Å². The number of hydrogen-bond donors (Lipinski definition) is 2. The highest BCUT2D eigenvalue weighted by Gasteiger charge is 2.21. The average Bonchev–Trinajstić information content (AvgIpc) is 3.31. The maximum atomic E-state index is 12.2. The van der Waals surface area contributed by atoms with Gasteiger partial charge in [0.25, 0.3) is 0 Å². The standard InChI is InChI=1S/C22H24N6O3S/c1-12-8-16(27-32-12)17-10-14(19-20(23)24-11-25-28(17)19)13-6-7-15(18(9-13)30-5)26-21(29)31-22(2,3)4/h6-11H,1-5H3,(H,26,29)(H2,23,24,25). The number of nitrogens with zero attached hydrogens (tertiary/aromatic N) is 4. The summed E-state index contributed by atoms with van der Waals surface area (Å²) in [5.41, 5.74) is 10.0. The van der Waals surface area contributed by atoms with Gasteiger partial charge in [-0.25, -0.2) is 14.3 Å². The van der Waals surface area contributed by atoms with Gasteiger partial charge in [0.05, 0.1) is 18.5 Å². The number of ether oxygens (including phenoxy) is 2. The molecule has 0 saturated heterocycles. The van der Waals surface area contributed by atoms with Gasteiger partial charge < -0.3 is 15.2 Å². The third-order valence-corrected chi connectivity index (χ3v) is 5.32. The predicted octanol–water partition coefficient (Wildman–Crippen LogP) is 4.77. The van der Waals surface area contributed by atoms with Crippen molar-refractivity contribution in [2.75, 3.05) is 18.2 Å². The van der Waals surface area contributed by atoms with Crippen molar-refractivity contribution < 1.29 is 14.3 Å². The summed E-state index contributed by atoms with van der Waals surface area (Å²) in [6.45, 7) is 7.42. The lowest BCUT2D eigenvalue weighted by Gasteiger charge is -2.20. The summed E-state index contributed by atoms with van der Waals surface area (Å²) >= 11 is 1.42. The number of aromatic nitrogens is 4. The molecule has 0 aliphatic heterocycles. The number of anilines is 2. The van der Waals surface area contributed by atoms with Gasteiger partial charge in [-0.15, -0.1) is 0 Å². The van der Waals surface area contributed by atoms with E-state index < -0.39 is 11.7 Å². The van der Waals surface area contributed by atoms with Gasteiger partial charge in [-0.05, 0) is 69.1 Å². The molecule has 1 aromatic carbocycles. The summed E-state index contributed by atoms with van der Waals surface area (Å²) in [5, 5.41) is 7.12. The summed E-state index contributed by atoms with van der Waals surface area (Å²) in [4.78, 5) is 17.5. The number of aryl methyl sites for hydroxylation is 1. The molecule has 0 saturated carbocycles. The van der Waals surface area contributed by atoms with E-state index in [9.17, 15) is 4.79 Å². The zero-order chi connectivity index (χ0) is 23.0. The highest BCUT2D eigenvalue weighted by molar-refractivity contribution is 7.05. The van der Waals surface area contributed by atoms with Gasteiger partial charge in [0.1, 0.15) is 28.9 Å². The fourth-order valence-electron chi connectivity index (χ4n) is 3.33. The fourth-order valence-corrected chi connectivity index (χ4v) is 3.89. The van der Waals surface area contributed by atoms with Crippen LogP contribution >= 0.6 is 11.5 Å². The first kappa shape index (κ1) is 21.6. The minimum atomic E-state index is -0.606. The molecule has 3 heterocycles. The highest BCUT2D eigenvalue weighted by atomic mass is 32.1. The molecular weight excluding hydrogens is 428 g/mol. The fraction of sp³-hybridized carbons (Fsp3) is 0.273. The van der Waals surface area contributed by atoms with E-state index in [0.29, 0.717) is 22.8 Å². The third-order valence-electron chi connectivity index (χ3n) is 4.62. The average molecular weight is 453 g/mol. The van der Waals surface area contributed by atoms with Crippen LogP contribution in [0, 0.1) is 6.92 Å². The van der Waals surface area contributed by atoms with Crippen molar-refractivity contribution in [1.29, 1.82) is 0 Å². The highest BCUT2D eigenvalue weighted by Crippen LogP contribution is 2.38. The Morgan fingerprint density at radius 3 is 2.66 bits per heavy atom. The van der Waals surface area contributed by atoms with E-state index in [2.05, 4.69) is 19.8 Å². The number of carbonyl (C=O) groups excluding carboxylic acids is 1. The van der Waals surface area contributed by atoms with Crippen LogP contribution in [0.1, 0.15) is 25.6 Å². The molecule has 4 aromatic rings. The Morgan fingerprint density at radius 2 is 2.00 bits per heavy atom. The molecule has 0 bridgehead atoms. The maximum absolute atomic E-state index is 12.2. The van der Waals surface area contributed by atoms with Crippen molar-refractivity contribution in [3.8, 4) is 28.3 Å². The minimum Gasteiger partial charge on any atom is -0.495 e. The molecule has 0 spiro atoms. The van der Waals surface area contributed by atoms with E-state index >= 15 is 0 Å². The molecule has 0 atom stereocenters. The number of methoxy groups -OCH3 is 1. The van der Waals surface area contributed by atoms with Crippen LogP contribution in [-0.2, 0) is 4.74 Å². The number of benzene rings is 1. The van der Waals surface area contributed by atoms with Crippen LogP contribution in [0.25, 0.3) is 28.0 Å². The monoisotopic (exact) mass is 452 g/mol. The van der Waals surface area contributed by atoms with E-state index in [1.54, 1.807) is 31.4 Å². The van der Waals surface area contributed by atoms with E-state index in [1.807, 2.05) is 31.2 Å². The number of carbonyl (C=O) groups is 1. The Kier molecular flexibility index (Phi) is 5.47. The second-order valence-electron chi connectivity index (χ2n) is 8.21. The lowest BCUT2D eigenvalue weighted by molar-refractivity contribution is 0.0635. The first-order valence-corrected chi connectivity index (χ1v) is 10.7. The second kappa shape index (κ2) is 8.12. The van der Waals surface area contributed by atoms with Crippen molar-refractivity contribution in [1.82, 2.24) is 19.0 Å². The maximum Gasteiger partial charge on any atom is 0.412 e. The number of hydrogen-bond acceptors (Lipinski definition) is 8. The molecule has 0 radical (unpaired) electrons. The van der Waals surface area contributed by atoms with Crippen LogP contribution in [0.2, 0.25) is 0 Å². The van der Waals surface area contributed by atoms with Crippen molar-refractivity contribution in [2.45, 2.75) is 33.3 Å². The topological polar surface area (TPSA) is 117 Å². The molecule has 10 heteroatoms. The van der Waals surface area contributed by atoms with Crippen LogP contribution < -0.4 is 15.8 Å². The molecule has 0 aliphatic carbocycles. The molecule has 3 aromatic heterocycles. The lowest BCUT2D eigenvalue weighted by Crippen LogP contribution is -2.27. The molecule has 0 unspecified atom stereocenters. The van der Waals surface area contributed by atoms with Crippen LogP contribution in [0.3, 0.4) is 0 Å². The first-order chi connectivity index (χ1) is 15.2. The molecule has 9 nitrogen and oxygen atoms in total. The smallest absolute Gasteiger partial charge is 0.412 e. The summed E-state index contributed by atoms with van der Waals surface area (Å²) in [5.74, 6) is 0.831. The minimum absolute atomic E-state index is 0.350. The lowest BCUT2D eigenvalue weighted by atomic mass is 10.1. The van der Waals surface area contributed by atoms with Gasteiger partial charge in [0.15, 0.2) is 5.82 Å². The van der Waals surface area contributed by atoms with Crippen LogP contribution in [0.15, 0.2) is 36.7 Å². The summed E-state index contributed by atoms with van der Waals surface area (Å²) in [6.07, 6.45) is 0.861. The van der Waals surface area contributed by atoms with E-state index in [0.717, 1.165) is 27.4 Å². The van der Waals surface area contributed by atoms with Crippen LogP contribution in [0.5, 0.6) is 5.75 Å². The van der Waals surface area contributed by atoms with Gasteiger partial charge in [0.2, 0.25) is 0 Å². The van der Waals surface area contributed by atoms with Gasteiger partial charge in [-0.3, -0.25) is 5.32 Å². The number of nitrogens with two attached hydrogens (primary N) is 1. The normalized spacial score (nSPS) is 11.5. The molecule has 1 amide bonds. The number of nitrogens with one attached hydrogen (secondary N) is 1. The molecule has 0 aliphatic rings. The Labute approximate surface area is 189 Å². The zero-order valence-electron chi connectivity index (χ0n) is 18.5. The van der Waals surface area contributed by atoms with Crippen LogP contribution in [-0.4, -0.2) is 37.8 Å². The predicted molar refractivity (Wildman–Crippen MR) is 125 cm³/mol. The Morgan fingerprint density at radius 1 is 1.22 bits per heavy atom. The molecule has 3 N–H and O–H groups in total. The SMILES string of the molecule is COc1cc(-c2cc(-c3cc(C)sn3)n3ncnc(N)c23)ccc1NC(=O)OC(C)(C)C. The largest absolute Gasteiger partial charge is 0.495 e. The van der Waals surface area contributed by atoms with Gasteiger partial charge in [-0.1, -0.05) is 6.07 Å². The molecule has 32 heavy (non-hydrogen) atoms. The zero-order valence-corrected chi connectivity index (χ0v) is 19.3. The second-order valence-corrected chi connectivity index (χ2v) is 9.22. The van der Waals surface area contributed by atoms with E-state index in [-0.39, 0.29) is 0 Å². The summed E-state index contributed by atoms with van der Waals surface area (Å²) < 4.78 is 17.1. The summed E-state index contributed by atoms with van der Waals surface area (Å²) in [7, 11) is 1.54. The van der Waals surface area contributed by atoms with E-state index in [1.165, 1.54) is 25.0 Å². The van der Waals surface area contributed by atoms with Crippen LogP contribution in [0.4, 0.5) is 16.3 Å². The molecule has 4 rings (SSSR count). The van der Waals surface area contributed by atoms with Crippen molar-refractivity contribution in [2.24, 2.45) is 0 Å². The Balaban J connectivity index is 1.78. The van der Waals surface area contributed by atoms with Crippen molar-refractivity contribution in [3.63, 3.8) is 0 Å². The number of rotatable bonds is 4. The van der Waals surface area contributed by atoms with Crippen molar-refractivity contribution >= 4 is 34.6 Å². The number of amides is 1. The van der Waals surface area contributed by atoms with Gasteiger partial charge in [-0.2, -0.15) is 9.47 Å². The molecule has 0 fully saturated rings. The first-order valence-electron chi connectivity index (χ1n) is 9.90. The quantitative estimate of drug-likeness (QED) is 0.458. The summed E-state index contributed by atoms with van der Waals surface area (Å²) in [6, 6.07) is 9.43. The number of fused-ring (bicyclic) bond motifs is 1. The Bertz CT molecular complexity index is 1300. The molecular formula is C22H24N6O3S. The van der Waals surface area contributed by atoms with Gasteiger partial charge in [0, 0.05) is 10.4 Å². The van der Waals surface area contributed by atoms with E-state index in [4.69, 9.17) is 15.2 Å². The third kappa shape index (κ3) is 4.22. The van der Waals surface area contributed by atoms with Crippen molar-refractivity contribution in [3.05, 3.63) is 41.5 Å². The Hall–Kier alpha value is -3.66. The molecule has 166 valence electrons.